The molecule has 6 N–H and O–H groups in total. The first-order chi connectivity index (χ1) is 27.9. The van der Waals surface area contributed by atoms with Crippen LogP contribution in [0.2, 0.25) is 0 Å². The van der Waals surface area contributed by atoms with Crippen molar-refractivity contribution in [3.05, 3.63) is 68.9 Å². The molecule has 8 aliphatic rings. The lowest BCUT2D eigenvalue weighted by Crippen LogP contribution is -2.69. The predicted molar refractivity (Wildman–Crippen MR) is 213 cm³/mol. The van der Waals surface area contributed by atoms with Crippen LogP contribution in [0.4, 0.5) is 5.69 Å². The summed E-state index contributed by atoms with van der Waals surface area (Å²) < 4.78 is 30.9. The van der Waals surface area contributed by atoms with Crippen molar-refractivity contribution in [1.82, 2.24) is 20.5 Å². The molecule has 4 bridgehead atoms. The number of rotatable bonds is 4. The molecular formula is C42H45N5O10S. The fraction of sp³-hybridized carbons (Fsp3) is 0.452. The summed E-state index contributed by atoms with van der Waals surface area (Å²) in [5.74, 6) is 0.727. The minimum Gasteiger partial charge on any atom is -0.504 e. The number of aromatic amines is 1. The summed E-state index contributed by atoms with van der Waals surface area (Å²) in [4.78, 5) is 46.0. The van der Waals surface area contributed by atoms with Gasteiger partial charge in [0.15, 0.2) is 28.5 Å². The number of hydrogen-bond acceptors (Lipinski definition) is 14. The third kappa shape index (κ3) is 5.17. The molecule has 2 fully saturated rings. The van der Waals surface area contributed by atoms with Gasteiger partial charge in [-0.3, -0.25) is 19.8 Å². The van der Waals surface area contributed by atoms with Crippen LogP contribution in [0.25, 0.3) is 10.9 Å². The Morgan fingerprint density at radius 2 is 1.91 bits per heavy atom. The van der Waals surface area contributed by atoms with Gasteiger partial charge in [-0.05, 0) is 62.4 Å². The van der Waals surface area contributed by atoms with Crippen LogP contribution < -0.4 is 34.9 Å². The van der Waals surface area contributed by atoms with Gasteiger partial charge in [-0.1, -0.05) is 12.1 Å². The number of ether oxygens (including phenoxy) is 5. The molecule has 7 atom stereocenters. The Balaban J connectivity index is 1.20. The summed E-state index contributed by atoms with van der Waals surface area (Å²) in [5, 5.41) is 32.0. The molecule has 2 saturated heterocycles. The Bertz CT molecular complexity index is 2470. The van der Waals surface area contributed by atoms with E-state index >= 15 is 0 Å². The number of nitrogens with zero attached hydrogens (tertiary/aromatic N) is 1. The van der Waals surface area contributed by atoms with Gasteiger partial charge < -0.3 is 49.5 Å². The first-order valence-corrected chi connectivity index (χ1v) is 20.6. The molecule has 0 saturated carbocycles. The Morgan fingerprint density at radius 1 is 1.10 bits per heavy atom. The molecule has 4 aromatic rings. The highest BCUT2D eigenvalue weighted by atomic mass is 32.2. The number of aromatic hydroxyl groups is 1. The van der Waals surface area contributed by atoms with Gasteiger partial charge in [-0.25, -0.2) is 4.79 Å². The lowest BCUT2D eigenvalue weighted by Gasteiger charge is -2.59. The number of hydrogen-bond donors (Lipinski definition) is 6. The summed E-state index contributed by atoms with van der Waals surface area (Å²) >= 11 is 1.57. The van der Waals surface area contributed by atoms with E-state index in [0.29, 0.717) is 65.9 Å². The minimum absolute atomic E-state index is 0.0126. The standard InChI is InChI=1S/C42H45N5O10S/c1-18-10-21-12-41(4)15-43-31(28(21)33(51)34(18)53-5)32-38-30-29(37-36(55-17-56-37)19(2)35(30)57-20(3)49)26(47(32)41)14-54-40(52)42(16-58-38)39-24(8-9-44-42)23-7-6-22(11-25(23)46-39)45-27(50)13-48/h6-7,10-11,26,31-32,38,43-44,46,48,51H,8-9,12-17H2,1-5H3,(H,45,50)/t26-,31+,32+,38+,41-,42+/m0/s1. The number of aryl methyl sites for hydroxylation is 1. The van der Waals surface area contributed by atoms with Gasteiger partial charge >= 0.3 is 11.9 Å². The second-order valence-corrected chi connectivity index (χ2v) is 17.5. The number of piperazine rings is 1. The normalized spacial score (nSPS) is 28.9. The first kappa shape index (κ1) is 37.3. The lowest BCUT2D eigenvalue weighted by molar-refractivity contribution is -0.157. The molecule has 304 valence electrons. The zero-order valence-electron chi connectivity index (χ0n) is 32.8. The minimum atomic E-state index is -1.32. The second-order valence-electron chi connectivity index (χ2n) is 16.4. The molecule has 58 heavy (non-hydrogen) atoms. The van der Waals surface area contributed by atoms with Crippen molar-refractivity contribution in [3.63, 3.8) is 0 Å². The van der Waals surface area contributed by atoms with Crippen molar-refractivity contribution in [2.45, 2.75) is 75.0 Å². The van der Waals surface area contributed by atoms with Crippen molar-refractivity contribution in [2.75, 3.05) is 51.3 Å². The zero-order valence-corrected chi connectivity index (χ0v) is 33.6. The molecule has 15 nitrogen and oxygen atoms in total. The second kappa shape index (κ2) is 13.3. The van der Waals surface area contributed by atoms with Crippen LogP contribution in [0.3, 0.4) is 0 Å². The van der Waals surface area contributed by atoms with Gasteiger partial charge in [-0.2, -0.15) is 0 Å². The van der Waals surface area contributed by atoms with Gasteiger partial charge in [0.1, 0.15) is 19.0 Å². The van der Waals surface area contributed by atoms with Crippen molar-refractivity contribution in [2.24, 2.45) is 0 Å². The maximum Gasteiger partial charge on any atom is 0.333 e. The van der Waals surface area contributed by atoms with E-state index in [4.69, 9.17) is 23.7 Å². The number of phenols is 1. The van der Waals surface area contributed by atoms with Gasteiger partial charge in [0.05, 0.1) is 30.1 Å². The van der Waals surface area contributed by atoms with E-state index in [-0.39, 0.29) is 30.9 Å². The van der Waals surface area contributed by atoms with Crippen molar-refractivity contribution in [1.29, 1.82) is 0 Å². The summed E-state index contributed by atoms with van der Waals surface area (Å²) in [6.45, 7) is 7.76. The zero-order chi connectivity index (χ0) is 40.4. The summed E-state index contributed by atoms with van der Waals surface area (Å²) in [6, 6.07) is 6.27. The van der Waals surface area contributed by atoms with E-state index in [1.807, 2.05) is 19.9 Å². The summed E-state index contributed by atoms with van der Waals surface area (Å²) in [6.07, 6.45) is 1.23. The van der Waals surface area contributed by atoms with E-state index in [0.717, 1.165) is 44.3 Å². The molecule has 1 aromatic heterocycles. The van der Waals surface area contributed by atoms with Crippen molar-refractivity contribution < 1.29 is 48.3 Å². The predicted octanol–water partition coefficient (Wildman–Crippen LogP) is 3.84. The number of carbonyl (C=O) groups is 3. The number of aliphatic hydroxyl groups is 1. The number of anilines is 1. The number of amides is 1. The first-order valence-electron chi connectivity index (χ1n) is 19.5. The van der Waals surface area contributed by atoms with E-state index in [1.165, 1.54) is 6.92 Å². The Morgan fingerprint density at radius 3 is 2.69 bits per heavy atom. The number of methoxy groups -OCH3 is 1. The number of aromatic nitrogens is 1. The van der Waals surface area contributed by atoms with Crippen molar-refractivity contribution >= 4 is 46.2 Å². The number of phenolic OH excluding ortho intramolecular Hbond substituents is 1. The molecule has 1 unspecified atom stereocenters. The number of fused-ring (bicyclic) bond motifs is 8. The number of thioether (sulfide) groups is 1. The molecule has 9 heterocycles. The molecule has 1 spiro atoms. The van der Waals surface area contributed by atoms with Crippen LogP contribution in [0.1, 0.15) is 75.8 Å². The molecule has 3 aromatic carbocycles. The topological polar surface area (TPSA) is 193 Å². The smallest absolute Gasteiger partial charge is 0.333 e. The molecule has 0 aliphatic carbocycles. The van der Waals surface area contributed by atoms with E-state index in [2.05, 4.69) is 38.8 Å². The lowest BCUT2D eigenvalue weighted by atomic mass is 9.76. The average molecular weight is 812 g/mol. The number of benzene rings is 3. The van der Waals surface area contributed by atoms with Crippen LogP contribution >= 0.6 is 11.8 Å². The van der Waals surface area contributed by atoms with Gasteiger partial charge in [0.2, 0.25) is 12.7 Å². The highest BCUT2D eigenvalue weighted by Crippen LogP contribution is 2.64. The van der Waals surface area contributed by atoms with Crippen LogP contribution in [0.15, 0.2) is 24.3 Å². The quantitative estimate of drug-likeness (QED) is 0.129. The van der Waals surface area contributed by atoms with Gasteiger partial charge in [0.25, 0.3) is 0 Å². The summed E-state index contributed by atoms with van der Waals surface area (Å²) in [7, 11) is 1.56. The summed E-state index contributed by atoms with van der Waals surface area (Å²) in [5.41, 5.74) is 5.81. The van der Waals surface area contributed by atoms with Crippen LogP contribution in [-0.4, -0.2) is 95.5 Å². The molecule has 12 rings (SSSR count). The largest absolute Gasteiger partial charge is 0.504 e. The van der Waals surface area contributed by atoms with E-state index in [1.54, 1.807) is 31.0 Å². The Kier molecular flexibility index (Phi) is 8.52. The number of nitrogens with one attached hydrogen (secondary N) is 4. The Hall–Kier alpha value is -5.00. The van der Waals surface area contributed by atoms with Gasteiger partial charge in [-0.15, -0.1) is 11.8 Å². The molecule has 8 aliphatic heterocycles. The maximum absolute atomic E-state index is 15.0. The van der Waals surface area contributed by atoms with Crippen molar-refractivity contribution in [3.8, 4) is 28.7 Å². The van der Waals surface area contributed by atoms with E-state index in [9.17, 15) is 24.6 Å². The van der Waals surface area contributed by atoms with Crippen LogP contribution in [0.5, 0.6) is 28.7 Å². The fourth-order valence-electron chi connectivity index (χ4n) is 10.8. The third-order valence-corrected chi connectivity index (χ3v) is 14.5. The number of H-pyrrole nitrogens is 1. The monoisotopic (exact) mass is 811 g/mol. The molecule has 0 radical (unpaired) electrons. The SMILES string of the molecule is COc1c(C)cc2c(c1O)[C@H]1NC[C@](C)(C2)N2[C@H]1[C@@H]1SC[C@]3(NCCc4c3[nH]c3cc(NC(=O)CO)ccc43)C(=O)OC[C@H]2c2c3c(c(C)c(OC(C)=O)c21)OCO3. The molecule has 1 amide bonds. The fourth-order valence-corrected chi connectivity index (χ4v) is 12.4. The molecular weight excluding hydrogens is 767 g/mol. The van der Waals surface area contributed by atoms with Gasteiger partial charge in [0, 0.05) is 76.2 Å². The number of aliphatic hydroxyl groups excluding tert-OH is 1. The molecule has 16 heteroatoms. The Labute approximate surface area is 338 Å². The highest BCUT2D eigenvalue weighted by molar-refractivity contribution is 7.99. The third-order valence-electron chi connectivity index (χ3n) is 13.0. The van der Waals surface area contributed by atoms with Crippen LogP contribution in [-0.2, 0) is 37.5 Å². The number of carbonyl (C=O) groups excluding carboxylic acids is 3. The highest BCUT2D eigenvalue weighted by Gasteiger charge is 2.61. The van der Waals surface area contributed by atoms with E-state index < -0.39 is 52.9 Å². The van der Waals surface area contributed by atoms with Crippen LogP contribution in [0, 0.1) is 13.8 Å². The number of esters is 2. The average Bonchev–Trinajstić information content (AvgIpc) is 3.78. The maximum atomic E-state index is 15.0.